The zero-order valence-electron chi connectivity index (χ0n) is 10.4. The van der Waals surface area contributed by atoms with Gasteiger partial charge in [-0.15, -0.1) is 0 Å². The molecule has 5 heteroatoms. The molecule has 0 atom stereocenters. The van der Waals surface area contributed by atoms with Crippen molar-refractivity contribution in [2.24, 2.45) is 0 Å². The van der Waals surface area contributed by atoms with E-state index in [0.717, 1.165) is 5.56 Å². The molecule has 0 spiro atoms. The molecule has 1 N–H and O–H groups in total. The van der Waals surface area contributed by atoms with E-state index >= 15 is 0 Å². The number of hydrogen-bond acceptors (Lipinski definition) is 4. The molecule has 0 aliphatic carbocycles. The maximum Gasteiger partial charge on any atom is 0.269 e. The number of nitrogens with zero attached hydrogens (tertiary/aromatic N) is 1. The van der Waals surface area contributed by atoms with Gasteiger partial charge in [-0.25, -0.2) is 0 Å². The van der Waals surface area contributed by atoms with Gasteiger partial charge in [0.15, 0.2) is 0 Å². The number of phenols is 1. The number of aromatic hydroxyl groups is 1. The Morgan fingerprint density at radius 3 is 2.47 bits per heavy atom. The van der Waals surface area contributed by atoms with Gasteiger partial charge in [-0.3, -0.25) is 10.1 Å². The summed E-state index contributed by atoms with van der Waals surface area (Å²) < 4.78 is 5.10. The number of non-ortho nitro benzene ring substituents is 1. The van der Waals surface area contributed by atoms with Gasteiger partial charge in [-0.1, -0.05) is 12.1 Å². The van der Waals surface area contributed by atoms with E-state index in [1.54, 1.807) is 37.4 Å². The highest BCUT2D eigenvalue weighted by molar-refractivity contribution is 5.43. The van der Waals surface area contributed by atoms with Gasteiger partial charge in [0.05, 0.1) is 12.0 Å². The number of methoxy groups -OCH3 is 1. The fourth-order valence-electron chi connectivity index (χ4n) is 1.79. The topological polar surface area (TPSA) is 72.6 Å². The Morgan fingerprint density at radius 2 is 1.89 bits per heavy atom. The number of benzene rings is 2. The Balaban J connectivity index is 2.23. The zero-order chi connectivity index (χ0) is 13.8. The van der Waals surface area contributed by atoms with Crippen LogP contribution < -0.4 is 4.74 Å². The molecule has 0 fully saturated rings. The molecule has 98 valence electrons. The number of hydrogen-bond donors (Lipinski definition) is 1. The highest BCUT2D eigenvalue weighted by Gasteiger charge is 2.07. The van der Waals surface area contributed by atoms with Crippen LogP contribution in [0.3, 0.4) is 0 Å². The molecule has 0 saturated carbocycles. The van der Waals surface area contributed by atoms with Gasteiger partial charge in [0.2, 0.25) is 0 Å². The van der Waals surface area contributed by atoms with Crippen LogP contribution in [0.1, 0.15) is 11.1 Å². The highest BCUT2D eigenvalue weighted by Crippen LogP contribution is 2.25. The fraction of sp³-hybridized carbons (Fsp3) is 0.143. The van der Waals surface area contributed by atoms with Gasteiger partial charge in [0.25, 0.3) is 5.69 Å². The molecule has 0 heterocycles. The molecule has 2 aromatic rings. The van der Waals surface area contributed by atoms with E-state index in [1.165, 1.54) is 12.1 Å². The van der Waals surface area contributed by atoms with Crippen LogP contribution in [-0.2, 0) is 6.42 Å². The van der Waals surface area contributed by atoms with Crippen LogP contribution in [-0.4, -0.2) is 17.1 Å². The number of rotatable bonds is 4. The monoisotopic (exact) mass is 259 g/mol. The first-order valence-corrected chi connectivity index (χ1v) is 5.69. The van der Waals surface area contributed by atoms with Crippen molar-refractivity contribution < 1.29 is 14.8 Å². The molecule has 0 aliphatic rings. The van der Waals surface area contributed by atoms with Gasteiger partial charge in [0.1, 0.15) is 11.5 Å². The van der Waals surface area contributed by atoms with Crippen LogP contribution in [0.2, 0.25) is 0 Å². The Hall–Kier alpha value is -2.56. The fourth-order valence-corrected chi connectivity index (χ4v) is 1.79. The van der Waals surface area contributed by atoms with Gasteiger partial charge in [-0.2, -0.15) is 0 Å². The molecule has 0 aliphatic heterocycles. The highest BCUT2D eigenvalue weighted by atomic mass is 16.6. The largest absolute Gasteiger partial charge is 0.508 e. The zero-order valence-corrected chi connectivity index (χ0v) is 10.4. The second-order valence-electron chi connectivity index (χ2n) is 4.09. The van der Waals surface area contributed by atoms with Crippen LogP contribution >= 0.6 is 0 Å². The lowest BCUT2D eigenvalue weighted by Crippen LogP contribution is -1.92. The van der Waals surface area contributed by atoms with Gasteiger partial charge in [-0.05, 0) is 23.8 Å². The van der Waals surface area contributed by atoms with E-state index in [4.69, 9.17) is 4.74 Å². The average molecular weight is 259 g/mol. The summed E-state index contributed by atoms with van der Waals surface area (Å²) in [6, 6.07) is 11.2. The van der Waals surface area contributed by atoms with Crippen LogP contribution in [0.5, 0.6) is 11.5 Å². The van der Waals surface area contributed by atoms with Crippen LogP contribution in [0.4, 0.5) is 5.69 Å². The Bertz CT molecular complexity index is 593. The average Bonchev–Trinajstić information content (AvgIpc) is 2.42. The SMILES string of the molecule is COc1ccc(O)c(Cc2ccc([N+](=O)[O-])cc2)c1. The third kappa shape index (κ3) is 3.01. The van der Waals surface area contributed by atoms with Crippen molar-refractivity contribution in [3.8, 4) is 11.5 Å². The molecule has 0 saturated heterocycles. The lowest BCUT2D eigenvalue weighted by molar-refractivity contribution is -0.384. The summed E-state index contributed by atoms with van der Waals surface area (Å²) in [5.41, 5.74) is 1.65. The molecule has 0 aromatic heterocycles. The number of nitro groups is 1. The van der Waals surface area contributed by atoms with Crippen molar-refractivity contribution in [3.05, 3.63) is 63.7 Å². The first-order valence-electron chi connectivity index (χ1n) is 5.69. The third-order valence-electron chi connectivity index (χ3n) is 2.83. The predicted molar refractivity (Wildman–Crippen MR) is 70.6 cm³/mol. The molecule has 0 radical (unpaired) electrons. The van der Waals surface area contributed by atoms with Crippen LogP contribution in [0, 0.1) is 10.1 Å². The summed E-state index contributed by atoms with van der Waals surface area (Å²) in [5, 5.41) is 20.3. The minimum Gasteiger partial charge on any atom is -0.508 e. The smallest absolute Gasteiger partial charge is 0.269 e. The molecule has 0 unspecified atom stereocenters. The third-order valence-corrected chi connectivity index (χ3v) is 2.83. The molecule has 0 bridgehead atoms. The van der Waals surface area contributed by atoms with E-state index in [-0.39, 0.29) is 11.4 Å². The minimum absolute atomic E-state index is 0.0543. The normalized spacial score (nSPS) is 10.2. The molecule has 19 heavy (non-hydrogen) atoms. The van der Waals surface area contributed by atoms with Crippen molar-refractivity contribution >= 4 is 5.69 Å². The standard InChI is InChI=1S/C14H13NO4/c1-19-13-6-7-14(16)11(9-13)8-10-2-4-12(5-3-10)15(17)18/h2-7,9,16H,8H2,1H3. The summed E-state index contributed by atoms with van der Waals surface area (Å²) in [4.78, 5) is 10.1. The Morgan fingerprint density at radius 1 is 1.21 bits per heavy atom. The molecule has 0 amide bonds. The van der Waals surface area contributed by atoms with Gasteiger partial charge < -0.3 is 9.84 Å². The van der Waals surface area contributed by atoms with E-state index in [9.17, 15) is 15.2 Å². The van der Waals surface area contributed by atoms with Gasteiger partial charge in [0, 0.05) is 24.1 Å². The molecule has 2 aromatic carbocycles. The number of ether oxygens (including phenoxy) is 1. The van der Waals surface area contributed by atoms with Crippen molar-refractivity contribution in [1.29, 1.82) is 0 Å². The lowest BCUT2D eigenvalue weighted by Gasteiger charge is -2.07. The van der Waals surface area contributed by atoms with E-state index in [0.29, 0.717) is 17.7 Å². The summed E-state index contributed by atoms with van der Waals surface area (Å²) >= 11 is 0. The van der Waals surface area contributed by atoms with Gasteiger partial charge >= 0.3 is 0 Å². The van der Waals surface area contributed by atoms with Crippen LogP contribution in [0.25, 0.3) is 0 Å². The Labute approximate surface area is 110 Å². The minimum atomic E-state index is -0.438. The van der Waals surface area contributed by atoms with E-state index < -0.39 is 4.92 Å². The molecular weight excluding hydrogens is 246 g/mol. The second kappa shape index (κ2) is 5.39. The summed E-state index contributed by atoms with van der Waals surface area (Å²) in [6.07, 6.45) is 0.487. The maximum absolute atomic E-state index is 10.6. The van der Waals surface area contributed by atoms with E-state index in [2.05, 4.69) is 0 Å². The number of nitro benzene ring substituents is 1. The van der Waals surface area contributed by atoms with Crippen molar-refractivity contribution in [2.45, 2.75) is 6.42 Å². The summed E-state index contributed by atoms with van der Waals surface area (Å²) in [7, 11) is 1.56. The summed E-state index contributed by atoms with van der Waals surface area (Å²) in [5.74, 6) is 0.842. The first kappa shape index (κ1) is 12.9. The molecule has 5 nitrogen and oxygen atoms in total. The molecular formula is C14H13NO4. The first-order chi connectivity index (χ1) is 9.10. The van der Waals surface area contributed by atoms with Crippen molar-refractivity contribution in [3.63, 3.8) is 0 Å². The molecule has 2 rings (SSSR count). The second-order valence-corrected chi connectivity index (χ2v) is 4.09. The van der Waals surface area contributed by atoms with E-state index in [1.807, 2.05) is 0 Å². The quantitative estimate of drug-likeness (QED) is 0.676. The Kier molecular flexibility index (Phi) is 3.66. The van der Waals surface area contributed by atoms with Crippen molar-refractivity contribution in [2.75, 3.05) is 7.11 Å². The van der Waals surface area contributed by atoms with Crippen molar-refractivity contribution in [1.82, 2.24) is 0 Å². The predicted octanol–water partition coefficient (Wildman–Crippen LogP) is 2.90. The lowest BCUT2D eigenvalue weighted by atomic mass is 10.0. The maximum atomic E-state index is 10.6. The number of phenolic OH excluding ortho intramolecular Hbond substituents is 1. The summed E-state index contributed by atoms with van der Waals surface area (Å²) in [6.45, 7) is 0. The van der Waals surface area contributed by atoms with Crippen LogP contribution in [0.15, 0.2) is 42.5 Å².